The summed E-state index contributed by atoms with van der Waals surface area (Å²) >= 11 is 0. The number of fused-ring (bicyclic) bond motifs is 3. The zero-order chi connectivity index (χ0) is 9.38. The predicted molar refractivity (Wildman–Crippen MR) is 55.4 cm³/mol. The monoisotopic (exact) mass is 188 g/mol. The van der Waals surface area contributed by atoms with E-state index < -0.39 is 0 Å². The first kappa shape index (κ1) is 7.85. The van der Waals surface area contributed by atoms with E-state index in [1.165, 1.54) is 30.5 Å². The number of nitrogens with zero attached hydrogens (tertiary/aromatic N) is 1. The van der Waals surface area contributed by atoms with E-state index in [1.54, 1.807) is 0 Å². The molecule has 1 aromatic heterocycles. The van der Waals surface area contributed by atoms with Gasteiger partial charge in [0, 0.05) is 17.8 Å². The van der Waals surface area contributed by atoms with Crippen molar-refractivity contribution in [2.24, 2.45) is 0 Å². The van der Waals surface area contributed by atoms with Crippen LogP contribution in [0.25, 0.3) is 11.1 Å². The van der Waals surface area contributed by atoms with Crippen LogP contribution in [0, 0.1) is 0 Å². The minimum Gasteiger partial charge on any atom is -0.443 e. The summed E-state index contributed by atoms with van der Waals surface area (Å²) in [5.41, 5.74) is 4.46. The molecule has 0 spiro atoms. The average Bonchev–Trinajstić information content (AvgIpc) is 2.55. The summed E-state index contributed by atoms with van der Waals surface area (Å²) in [4.78, 5) is 4.27. The maximum Gasteiger partial charge on any atom is 0.181 e. The molecule has 1 N–H and O–H groups in total. The molecule has 1 aliphatic rings. The van der Waals surface area contributed by atoms with E-state index in [4.69, 9.17) is 4.42 Å². The van der Waals surface area contributed by atoms with Gasteiger partial charge in [0.05, 0.1) is 0 Å². The fourth-order valence-electron chi connectivity index (χ4n) is 2.06. The third kappa shape index (κ3) is 1.09. The lowest BCUT2D eigenvalue weighted by Gasteiger charge is -2.06. The first-order chi connectivity index (χ1) is 6.95. The fourth-order valence-corrected chi connectivity index (χ4v) is 2.06. The van der Waals surface area contributed by atoms with E-state index in [-0.39, 0.29) is 0 Å². The molecule has 14 heavy (non-hydrogen) atoms. The number of benzene rings is 1. The van der Waals surface area contributed by atoms with E-state index in [0.717, 1.165) is 24.1 Å². The number of aryl methyl sites for hydroxylation is 1. The van der Waals surface area contributed by atoms with Crippen molar-refractivity contribution < 1.29 is 4.42 Å². The molecule has 1 aromatic carbocycles. The minimum atomic E-state index is 0.896. The van der Waals surface area contributed by atoms with Crippen molar-refractivity contribution >= 4 is 16.8 Å². The molecule has 2 heterocycles. The van der Waals surface area contributed by atoms with Crippen LogP contribution in [0.4, 0.5) is 5.69 Å². The number of oxazole rings is 1. The molecule has 0 fully saturated rings. The molecule has 72 valence electrons. The first-order valence-electron chi connectivity index (χ1n) is 5.04. The number of hydrogen-bond acceptors (Lipinski definition) is 3. The van der Waals surface area contributed by atoms with Gasteiger partial charge >= 0.3 is 0 Å². The molecule has 0 radical (unpaired) electrons. The highest BCUT2D eigenvalue weighted by atomic mass is 16.3. The number of aromatic nitrogens is 1. The zero-order valence-corrected chi connectivity index (χ0v) is 7.92. The molecule has 0 bridgehead atoms. The highest BCUT2D eigenvalue weighted by molar-refractivity contribution is 5.82. The molecule has 0 amide bonds. The van der Waals surface area contributed by atoms with Gasteiger partial charge in [-0.3, -0.25) is 0 Å². The molecular formula is C11H12N2O. The van der Waals surface area contributed by atoms with Gasteiger partial charge in [0.15, 0.2) is 12.0 Å². The lowest BCUT2D eigenvalue weighted by atomic mass is 10.1. The Morgan fingerprint density at radius 3 is 3.29 bits per heavy atom. The summed E-state index contributed by atoms with van der Waals surface area (Å²) in [6.07, 6.45) is 5.09. The van der Waals surface area contributed by atoms with Crippen LogP contribution in [0.2, 0.25) is 0 Å². The maximum atomic E-state index is 5.29. The van der Waals surface area contributed by atoms with Gasteiger partial charge in [-0.2, -0.15) is 0 Å². The van der Waals surface area contributed by atoms with Crippen molar-refractivity contribution in [3.05, 3.63) is 24.1 Å². The Bertz CT molecular complexity index is 461. The second-order valence-corrected chi connectivity index (χ2v) is 3.67. The number of nitrogens with one attached hydrogen (secondary N) is 1. The Kier molecular flexibility index (Phi) is 1.69. The van der Waals surface area contributed by atoms with E-state index in [1.807, 2.05) is 6.07 Å². The fraction of sp³-hybridized carbons (Fsp3) is 0.364. The Morgan fingerprint density at radius 2 is 2.29 bits per heavy atom. The third-order valence-electron chi connectivity index (χ3n) is 2.78. The van der Waals surface area contributed by atoms with Gasteiger partial charge in [-0.25, -0.2) is 4.98 Å². The van der Waals surface area contributed by atoms with Crippen LogP contribution < -0.4 is 5.32 Å². The lowest BCUT2D eigenvalue weighted by Crippen LogP contribution is -1.99. The molecule has 1 aliphatic heterocycles. The minimum absolute atomic E-state index is 0.896. The van der Waals surface area contributed by atoms with Crippen LogP contribution in [0.5, 0.6) is 0 Å². The van der Waals surface area contributed by atoms with Gasteiger partial charge in [-0.05, 0) is 31.4 Å². The smallest absolute Gasteiger partial charge is 0.181 e. The van der Waals surface area contributed by atoms with Crippen LogP contribution in [0.15, 0.2) is 22.9 Å². The maximum absolute atomic E-state index is 5.29. The normalized spacial score (nSPS) is 16.0. The SMILES string of the molecule is c1nc2c3c(ccc2o1)NCCCC3. The molecule has 3 heteroatoms. The van der Waals surface area contributed by atoms with Crippen molar-refractivity contribution in [1.29, 1.82) is 0 Å². The van der Waals surface area contributed by atoms with Gasteiger partial charge in [0.1, 0.15) is 5.52 Å². The Morgan fingerprint density at radius 1 is 1.29 bits per heavy atom. The molecule has 0 saturated carbocycles. The summed E-state index contributed by atoms with van der Waals surface area (Å²) in [5, 5.41) is 3.43. The summed E-state index contributed by atoms with van der Waals surface area (Å²) < 4.78 is 5.29. The third-order valence-corrected chi connectivity index (χ3v) is 2.78. The van der Waals surface area contributed by atoms with Crippen molar-refractivity contribution in [1.82, 2.24) is 4.98 Å². The Labute approximate surface area is 82.1 Å². The summed E-state index contributed by atoms with van der Waals surface area (Å²) in [6, 6.07) is 4.08. The van der Waals surface area contributed by atoms with Crippen LogP contribution in [-0.2, 0) is 6.42 Å². The van der Waals surface area contributed by atoms with E-state index in [9.17, 15) is 0 Å². The molecule has 0 saturated heterocycles. The predicted octanol–water partition coefficient (Wildman–Crippen LogP) is 2.58. The summed E-state index contributed by atoms with van der Waals surface area (Å²) in [7, 11) is 0. The topological polar surface area (TPSA) is 38.1 Å². The summed E-state index contributed by atoms with van der Waals surface area (Å²) in [6.45, 7) is 1.07. The van der Waals surface area contributed by atoms with Crippen LogP contribution in [0.1, 0.15) is 18.4 Å². The van der Waals surface area contributed by atoms with Gasteiger partial charge in [-0.1, -0.05) is 0 Å². The Balaban J connectivity index is 2.26. The average molecular weight is 188 g/mol. The number of anilines is 1. The Hall–Kier alpha value is -1.51. The molecule has 0 atom stereocenters. The van der Waals surface area contributed by atoms with Gasteiger partial charge in [0.25, 0.3) is 0 Å². The number of rotatable bonds is 0. The molecule has 3 nitrogen and oxygen atoms in total. The van der Waals surface area contributed by atoms with Crippen LogP contribution >= 0.6 is 0 Å². The molecule has 0 unspecified atom stereocenters. The van der Waals surface area contributed by atoms with Gasteiger partial charge in [0.2, 0.25) is 0 Å². The van der Waals surface area contributed by atoms with E-state index >= 15 is 0 Å². The van der Waals surface area contributed by atoms with Crippen molar-refractivity contribution in [3.8, 4) is 0 Å². The highest BCUT2D eigenvalue weighted by Gasteiger charge is 2.12. The largest absolute Gasteiger partial charge is 0.443 e. The molecule has 2 aromatic rings. The van der Waals surface area contributed by atoms with Crippen LogP contribution in [-0.4, -0.2) is 11.5 Å². The molecule has 0 aliphatic carbocycles. The standard InChI is InChI=1S/C11H12N2O/c1-2-6-12-9-4-5-10-11(8(9)3-1)13-7-14-10/h4-5,7,12H,1-3,6H2. The second-order valence-electron chi connectivity index (χ2n) is 3.67. The van der Waals surface area contributed by atoms with Crippen LogP contribution in [0.3, 0.4) is 0 Å². The van der Waals surface area contributed by atoms with Gasteiger partial charge < -0.3 is 9.73 Å². The quantitative estimate of drug-likeness (QED) is 0.690. The summed E-state index contributed by atoms with van der Waals surface area (Å²) in [5.74, 6) is 0. The first-order valence-corrected chi connectivity index (χ1v) is 5.04. The van der Waals surface area contributed by atoms with E-state index in [0.29, 0.717) is 0 Å². The zero-order valence-electron chi connectivity index (χ0n) is 7.92. The van der Waals surface area contributed by atoms with Crippen molar-refractivity contribution in [2.75, 3.05) is 11.9 Å². The van der Waals surface area contributed by atoms with Crippen molar-refractivity contribution in [2.45, 2.75) is 19.3 Å². The van der Waals surface area contributed by atoms with Gasteiger partial charge in [-0.15, -0.1) is 0 Å². The van der Waals surface area contributed by atoms with Crippen molar-refractivity contribution in [3.63, 3.8) is 0 Å². The second kappa shape index (κ2) is 3.01. The molecular weight excluding hydrogens is 176 g/mol. The number of hydrogen-bond donors (Lipinski definition) is 1. The lowest BCUT2D eigenvalue weighted by molar-refractivity contribution is 0.602. The van der Waals surface area contributed by atoms with E-state index in [2.05, 4.69) is 16.4 Å². The molecule has 3 rings (SSSR count). The highest BCUT2D eigenvalue weighted by Crippen LogP contribution is 2.28.